The van der Waals surface area contributed by atoms with Crippen molar-refractivity contribution in [1.29, 1.82) is 0 Å². The molecule has 0 amide bonds. The van der Waals surface area contributed by atoms with Gasteiger partial charge in [-0.3, -0.25) is 9.36 Å². The van der Waals surface area contributed by atoms with E-state index in [2.05, 4.69) is 62.0 Å². The molecule has 8 nitrogen and oxygen atoms in total. The second-order valence-corrected chi connectivity index (χ2v) is 18.5. The van der Waals surface area contributed by atoms with Crippen LogP contribution in [0.25, 0.3) is 10.9 Å². The number of hydrogen-bond acceptors (Lipinski definition) is 7. The highest BCUT2D eigenvalue weighted by Crippen LogP contribution is 2.39. The number of morpholine rings is 1. The number of halogens is 1. The maximum Gasteiger partial charge on any atom is 0.262 e. The molecule has 2 aliphatic heterocycles. The van der Waals surface area contributed by atoms with Crippen molar-refractivity contribution in [3.63, 3.8) is 0 Å². The fourth-order valence-electron chi connectivity index (χ4n) is 5.96. The van der Waals surface area contributed by atoms with Gasteiger partial charge >= 0.3 is 0 Å². The quantitative estimate of drug-likeness (QED) is 0.312. The van der Waals surface area contributed by atoms with Gasteiger partial charge in [-0.1, -0.05) is 26.8 Å². The molecule has 5 rings (SSSR count). The van der Waals surface area contributed by atoms with Crippen molar-refractivity contribution in [3.8, 4) is 0 Å². The van der Waals surface area contributed by atoms with Crippen molar-refractivity contribution in [3.05, 3.63) is 57.6 Å². The number of rotatable bonds is 7. The molecule has 2 saturated heterocycles. The Hall–Kier alpha value is -2.95. The minimum Gasteiger partial charge on any atom is -0.412 e. The molecule has 234 valence electrons. The monoisotopic (exact) mass is 609 g/mol. The molecule has 2 aliphatic rings. The van der Waals surface area contributed by atoms with Gasteiger partial charge in [-0.15, -0.1) is 0 Å². The largest absolute Gasteiger partial charge is 0.412 e. The summed E-state index contributed by atoms with van der Waals surface area (Å²) in [6.07, 6.45) is 2.12. The lowest BCUT2D eigenvalue weighted by atomic mass is 10.0. The first-order valence-corrected chi connectivity index (χ1v) is 18.5. The van der Waals surface area contributed by atoms with Crippen LogP contribution in [0.5, 0.6) is 0 Å². The van der Waals surface area contributed by atoms with Crippen molar-refractivity contribution in [2.24, 2.45) is 7.05 Å². The fourth-order valence-corrected chi connectivity index (χ4v) is 7.34. The Bertz CT molecular complexity index is 1530. The maximum atomic E-state index is 14.7. The highest BCUT2D eigenvalue weighted by molar-refractivity contribution is 6.74. The van der Waals surface area contributed by atoms with E-state index in [1.54, 1.807) is 17.7 Å². The Morgan fingerprint density at radius 2 is 1.84 bits per heavy atom. The average molecular weight is 610 g/mol. The lowest BCUT2D eigenvalue weighted by molar-refractivity contribution is 0.121. The van der Waals surface area contributed by atoms with Gasteiger partial charge < -0.3 is 24.3 Å². The molecule has 2 fully saturated rings. The zero-order chi connectivity index (χ0) is 31.1. The fraction of sp³-hybridized carbons (Fsp3) is 0.576. The van der Waals surface area contributed by atoms with Crippen LogP contribution in [0.4, 0.5) is 21.7 Å². The van der Waals surface area contributed by atoms with E-state index in [0.29, 0.717) is 43.2 Å². The van der Waals surface area contributed by atoms with Gasteiger partial charge in [0.25, 0.3) is 5.56 Å². The third kappa shape index (κ3) is 6.61. The van der Waals surface area contributed by atoms with Gasteiger partial charge in [0, 0.05) is 38.8 Å². The molecule has 43 heavy (non-hydrogen) atoms. The zero-order valence-electron chi connectivity index (χ0n) is 27.1. The molecular formula is C33H48FN5O3Si. The average Bonchev–Trinajstić information content (AvgIpc) is 2.95. The van der Waals surface area contributed by atoms with Gasteiger partial charge in [-0.2, -0.15) is 0 Å². The Kier molecular flexibility index (Phi) is 8.93. The smallest absolute Gasteiger partial charge is 0.262 e. The molecule has 2 aromatic carbocycles. The first-order chi connectivity index (χ1) is 20.2. The van der Waals surface area contributed by atoms with Gasteiger partial charge in [0.1, 0.15) is 5.82 Å². The van der Waals surface area contributed by atoms with Crippen molar-refractivity contribution < 1.29 is 13.6 Å². The van der Waals surface area contributed by atoms with Gasteiger partial charge in [0.15, 0.2) is 8.32 Å². The second-order valence-electron chi connectivity index (χ2n) is 13.7. The van der Waals surface area contributed by atoms with E-state index in [4.69, 9.17) is 14.1 Å². The number of aryl methyl sites for hydroxylation is 1. The van der Waals surface area contributed by atoms with E-state index in [9.17, 15) is 9.18 Å². The molecule has 0 bridgehead atoms. The van der Waals surface area contributed by atoms with E-state index in [-0.39, 0.29) is 28.6 Å². The molecule has 1 aromatic heterocycles. The van der Waals surface area contributed by atoms with Crippen molar-refractivity contribution >= 4 is 36.5 Å². The summed E-state index contributed by atoms with van der Waals surface area (Å²) in [5.74, 6) is 0.392. The van der Waals surface area contributed by atoms with Crippen LogP contribution in [0.3, 0.4) is 0 Å². The highest BCUT2D eigenvalue weighted by Gasteiger charge is 2.40. The number of nitrogens with zero attached hydrogens (tertiary/aromatic N) is 4. The number of anilines is 3. The first kappa shape index (κ1) is 31.5. The lowest BCUT2D eigenvalue weighted by Gasteiger charge is -2.43. The predicted octanol–water partition coefficient (Wildman–Crippen LogP) is 6.38. The zero-order valence-corrected chi connectivity index (χ0v) is 28.1. The number of ether oxygens (including phenoxy) is 1. The summed E-state index contributed by atoms with van der Waals surface area (Å²) in [6.45, 7) is 19.6. The number of piperidine rings is 1. The van der Waals surface area contributed by atoms with Gasteiger partial charge in [-0.25, -0.2) is 9.37 Å². The Morgan fingerprint density at radius 1 is 1.12 bits per heavy atom. The van der Waals surface area contributed by atoms with Crippen molar-refractivity contribution in [2.45, 2.75) is 77.7 Å². The maximum absolute atomic E-state index is 14.7. The van der Waals surface area contributed by atoms with Gasteiger partial charge in [0.05, 0.1) is 47.6 Å². The van der Waals surface area contributed by atoms with Crippen LogP contribution in [0.2, 0.25) is 18.1 Å². The minimum atomic E-state index is -1.94. The van der Waals surface area contributed by atoms with E-state index in [1.807, 2.05) is 19.1 Å². The van der Waals surface area contributed by atoms with Crippen LogP contribution in [-0.4, -0.2) is 63.4 Å². The number of hydrogen-bond donors (Lipinski definition) is 1. The van der Waals surface area contributed by atoms with E-state index in [1.165, 1.54) is 6.07 Å². The molecular weight excluding hydrogens is 561 g/mol. The number of nitrogens with one attached hydrogen (secondary N) is 1. The third-order valence-electron chi connectivity index (χ3n) is 9.41. The van der Waals surface area contributed by atoms with Crippen LogP contribution >= 0.6 is 0 Å². The minimum absolute atomic E-state index is 0.0628. The van der Waals surface area contributed by atoms with Crippen molar-refractivity contribution in [2.75, 3.05) is 54.5 Å². The number of fused-ring (bicyclic) bond motifs is 1. The predicted molar refractivity (Wildman–Crippen MR) is 177 cm³/mol. The Morgan fingerprint density at radius 3 is 2.53 bits per heavy atom. The summed E-state index contributed by atoms with van der Waals surface area (Å²) in [6, 6.07) is 8.79. The topological polar surface area (TPSA) is 71.9 Å². The highest BCUT2D eigenvalue weighted by atomic mass is 28.4. The number of benzene rings is 2. The van der Waals surface area contributed by atoms with Crippen LogP contribution in [-0.2, 0) is 16.2 Å². The molecule has 3 aromatic rings. The van der Waals surface area contributed by atoms with Crippen molar-refractivity contribution in [1.82, 2.24) is 9.55 Å². The second kappa shape index (κ2) is 12.2. The summed E-state index contributed by atoms with van der Waals surface area (Å²) in [7, 11) is -0.150. The summed E-state index contributed by atoms with van der Waals surface area (Å²) in [4.78, 5) is 23.0. The summed E-state index contributed by atoms with van der Waals surface area (Å²) in [5, 5.41) is 4.40. The van der Waals surface area contributed by atoms with Crippen LogP contribution in [0, 0.1) is 12.7 Å². The SMILES string of the molecule is Cc1cc([C@@H](C)Nc2ccc(F)cc2N2CCC[C@H](O[Si](C)(C)C(C)(C)C)C2)c2nc(N3CCOCC3)n(C)c(=O)c2c1. The molecule has 0 spiro atoms. The molecule has 0 saturated carbocycles. The molecule has 0 unspecified atom stereocenters. The van der Waals surface area contributed by atoms with Gasteiger partial charge in [-0.05, 0) is 74.7 Å². The summed E-state index contributed by atoms with van der Waals surface area (Å²) < 4.78 is 28.7. The standard InChI is InChI=1S/C33H48FN5O3Si/c1-22-18-26(30-27(19-22)31(40)37(6)32(36-30)38-14-16-41-17-15-38)23(2)35-28-12-11-24(34)20-29(28)39-13-9-10-25(21-39)42-43(7,8)33(3,4)5/h11-12,18-20,23,25,35H,9-10,13-17,21H2,1-8H3/t23-,25+/m1/s1. The normalized spacial score (nSPS) is 19.1. The summed E-state index contributed by atoms with van der Waals surface area (Å²) >= 11 is 0. The Labute approximate surface area is 256 Å². The lowest BCUT2D eigenvalue weighted by Crippen LogP contribution is -2.49. The van der Waals surface area contributed by atoms with Crippen LogP contribution in [0.1, 0.15) is 57.7 Å². The molecule has 3 heterocycles. The molecule has 2 atom stereocenters. The van der Waals surface area contributed by atoms with E-state index < -0.39 is 8.32 Å². The summed E-state index contributed by atoms with van der Waals surface area (Å²) in [5.41, 5.74) is 4.26. The van der Waals surface area contributed by atoms with Crippen LogP contribution in [0.15, 0.2) is 35.1 Å². The van der Waals surface area contributed by atoms with E-state index >= 15 is 0 Å². The Balaban J connectivity index is 1.47. The van der Waals surface area contributed by atoms with E-state index in [0.717, 1.165) is 48.4 Å². The van der Waals surface area contributed by atoms with Gasteiger partial charge in [0.2, 0.25) is 5.95 Å². The molecule has 10 heteroatoms. The molecule has 1 N–H and O–H groups in total. The van der Waals surface area contributed by atoms with Crippen LogP contribution < -0.4 is 20.7 Å². The molecule has 0 aliphatic carbocycles. The third-order valence-corrected chi connectivity index (χ3v) is 13.9. The molecule has 0 radical (unpaired) electrons. The first-order valence-electron chi connectivity index (χ1n) is 15.6. The number of aromatic nitrogens is 2.